The van der Waals surface area contributed by atoms with E-state index in [-0.39, 0.29) is 0 Å². The maximum Gasteiger partial charge on any atom is 0.0704 e. The molecule has 0 radical (unpaired) electrons. The van der Waals surface area contributed by atoms with Gasteiger partial charge in [-0.25, -0.2) is 0 Å². The Balaban J connectivity index is 2.00. The van der Waals surface area contributed by atoms with Crippen LogP contribution in [-0.4, -0.2) is 18.6 Å². The summed E-state index contributed by atoms with van der Waals surface area (Å²) in [4.78, 5) is 4.44. The SMILES string of the molecule is CNCC1CCC1c1cccc2ncccc12. The summed E-state index contributed by atoms with van der Waals surface area (Å²) in [6.45, 7) is 1.13. The smallest absolute Gasteiger partial charge is 0.0704 e. The van der Waals surface area contributed by atoms with Crippen molar-refractivity contribution in [1.82, 2.24) is 10.3 Å². The summed E-state index contributed by atoms with van der Waals surface area (Å²) in [5.41, 5.74) is 2.61. The number of hydrogen-bond acceptors (Lipinski definition) is 2. The first-order chi connectivity index (χ1) is 8.40. The Morgan fingerprint density at radius 1 is 1.24 bits per heavy atom. The van der Waals surface area contributed by atoms with Crippen molar-refractivity contribution in [2.75, 3.05) is 13.6 Å². The predicted molar refractivity (Wildman–Crippen MR) is 71.1 cm³/mol. The molecule has 0 bridgehead atoms. The summed E-state index contributed by atoms with van der Waals surface area (Å²) < 4.78 is 0. The number of hydrogen-bond donors (Lipinski definition) is 1. The first-order valence-corrected chi connectivity index (χ1v) is 6.38. The van der Waals surface area contributed by atoms with Crippen LogP contribution in [0.3, 0.4) is 0 Å². The molecule has 2 atom stereocenters. The van der Waals surface area contributed by atoms with Crippen LogP contribution in [0.4, 0.5) is 0 Å². The molecule has 1 saturated carbocycles. The van der Waals surface area contributed by atoms with Gasteiger partial charge in [-0.2, -0.15) is 0 Å². The second-order valence-corrected chi connectivity index (χ2v) is 4.92. The maximum absolute atomic E-state index is 4.44. The number of nitrogens with one attached hydrogen (secondary N) is 1. The lowest BCUT2D eigenvalue weighted by Crippen LogP contribution is -2.32. The van der Waals surface area contributed by atoms with E-state index in [1.54, 1.807) is 0 Å². The molecule has 1 aromatic carbocycles. The molecule has 2 heteroatoms. The minimum Gasteiger partial charge on any atom is -0.319 e. The Morgan fingerprint density at radius 3 is 2.94 bits per heavy atom. The van der Waals surface area contributed by atoms with Crippen molar-refractivity contribution in [2.45, 2.75) is 18.8 Å². The fourth-order valence-corrected chi connectivity index (χ4v) is 2.94. The topological polar surface area (TPSA) is 24.9 Å². The number of nitrogens with zero attached hydrogens (tertiary/aromatic N) is 1. The van der Waals surface area contributed by atoms with Crippen molar-refractivity contribution < 1.29 is 0 Å². The van der Waals surface area contributed by atoms with Gasteiger partial charge in [-0.3, -0.25) is 4.98 Å². The van der Waals surface area contributed by atoms with Gasteiger partial charge in [0.1, 0.15) is 0 Å². The molecule has 1 aliphatic carbocycles. The number of rotatable bonds is 3. The van der Waals surface area contributed by atoms with Gasteiger partial charge in [0.25, 0.3) is 0 Å². The van der Waals surface area contributed by atoms with Crippen LogP contribution in [0.1, 0.15) is 24.3 Å². The molecule has 3 rings (SSSR count). The average molecular weight is 226 g/mol. The Labute approximate surface area is 102 Å². The zero-order chi connectivity index (χ0) is 11.7. The quantitative estimate of drug-likeness (QED) is 0.870. The number of pyridine rings is 1. The first kappa shape index (κ1) is 10.7. The van der Waals surface area contributed by atoms with Crippen molar-refractivity contribution >= 4 is 10.9 Å². The fourth-order valence-electron chi connectivity index (χ4n) is 2.94. The van der Waals surface area contributed by atoms with E-state index in [2.05, 4.69) is 34.6 Å². The van der Waals surface area contributed by atoms with E-state index in [1.807, 2.05) is 19.3 Å². The fraction of sp³-hybridized carbons (Fsp3) is 0.400. The van der Waals surface area contributed by atoms with Gasteiger partial charge in [-0.05, 0) is 56.0 Å². The Morgan fingerprint density at radius 2 is 2.18 bits per heavy atom. The van der Waals surface area contributed by atoms with Crippen molar-refractivity contribution in [3.63, 3.8) is 0 Å². The van der Waals surface area contributed by atoms with E-state index < -0.39 is 0 Å². The van der Waals surface area contributed by atoms with Crippen LogP contribution in [0.15, 0.2) is 36.5 Å². The van der Waals surface area contributed by atoms with Gasteiger partial charge in [0.05, 0.1) is 5.52 Å². The highest BCUT2D eigenvalue weighted by Crippen LogP contribution is 2.44. The summed E-state index contributed by atoms with van der Waals surface area (Å²) in [6.07, 6.45) is 4.54. The van der Waals surface area contributed by atoms with Gasteiger partial charge >= 0.3 is 0 Å². The van der Waals surface area contributed by atoms with E-state index in [0.29, 0.717) is 0 Å². The van der Waals surface area contributed by atoms with Crippen LogP contribution in [0, 0.1) is 5.92 Å². The molecule has 0 amide bonds. The van der Waals surface area contributed by atoms with Gasteiger partial charge < -0.3 is 5.32 Å². The molecule has 1 aliphatic rings. The van der Waals surface area contributed by atoms with Gasteiger partial charge in [-0.1, -0.05) is 18.2 Å². The second kappa shape index (κ2) is 4.46. The maximum atomic E-state index is 4.44. The third kappa shape index (κ3) is 1.83. The molecule has 0 aliphatic heterocycles. The lowest BCUT2D eigenvalue weighted by atomic mass is 9.69. The molecular formula is C15H18N2. The monoisotopic (exact) mass is 226 g/mol. The molecule has 0 saturated heterocycles. The van der Waals surface area contributed by atoms with Gasteiger partial charge in [0, 0.05) is 11.6 Å². The molecule has 2 nitrogen and oxygen atoms in total. The Bertz CT molecular complexity index is 516. The van der Waals surface area contributed by atoms with Crippen LogP contribution in [0.5, 0.6) is 0 Å². The van der Waals surface area contributed by atoms with Crippen LogP contribution >= 0.6 is 0 Å². The number of fused-ring (bicyclic) bond motifs is 1. The molecule has 1 aromatic heterocycles. The van der Waals surface area contributed by atoms with Crippen LogP contribution in [-0.2, 0) is 0 Å². The van der Waals surface area contributed by atoms with Crippen molar-refractivity contribution in [2.24, 2.45) is 5.92 Å². The van der Waals surface area contributed by atoms with Crippen LogP contribution in [0.2, 0.25) is 0 Å². The van der Waals surface area contributed by atoms with Crippen LogP contribution in [0.25, 0.3) is 10.9 Å². The predicted octanol–water partition coefficient (Wildman–Crippen LogP) is 2.95. The summed E-state index contributed by atoms with van der Waals surface area (Å²) in [5, 5.41) is 4.64. The van der Waals surface area contributed by atoms with Crippen molar-refractivity contribution in [1.29, 1.82) is 0 Å². The normalized spacial score (nSPS) is 23.6. The highest BCUT2D eigenvalue weighted by molar-refractivity contribution is 5.82. The number of benzene rings is 1. The Hall–Kier alpha value is -1.41. The molecule has 1 fully saturated rings. The zero-order valence-electron chi connectivity index (χ0n) is 10.2. The summed E-state index contributed by atoms with van der Waals surface area (Å²) in [7, 11) is 2.04. The first-order valence-electron chi connectivity index (χ1n) is 6.38. The average Bonchev–Trinajstić information content (AvgIpc) is 2.35. The van der Waals surface area contributed by atoms with Gasteiger partial charge in [0.15, 0.2) is 0 Å². The van der Waals surface area contributed by atoms with Gasteiger partial charge in [-0.15, -0.1) is 0 Å². The van der Waals surface area contributed by atoms with Crippen LogP contribution < -0.4 is 5.32 Å². The summed E-state index contributed by atoms with van der Waals surface area (Å²) in [6, 6.07) is 10.8. The molecule has 2 aromatic rings. The lowest BCUT2D eigenvalue weighted by Gasteiger charge is -2.37. The standard InChI is InChI=1S/C15H18N2/c1-16-10-11-7-8-12(11)13-4-2-6-15-14(13)5-3-9-17-15/h2-6,9,11-12,16H,7-8,10H2,1H3. The van der Waals surface area contributed by atoms with Crippen molar-refractivity contribution in [3.05, 3.63) is 42.1 Å². The second-order valence-electron chi connectivity index (χ2n) is 4.92. The summed E-state index contributed by atoms with van der Waals surface area (Å²) in [5.74, 6) is 1.51. The molecule has 1 N–H and O–H groups in total. The third-order valence-electron chi connectivity index (χ3n) is 3.96. The molecule has 17 heavy (non-hydrogen) atoms. The largest absolute Gasteiger partial charge is 0.319 e. The molecular weight excluding hydrogens is 208 g/mol. The molecule has 0 spiro atoms. The van der Waals surface area contributed by atoms with Crippen molar-refractivity contribution in [3.8, 4) is 0 Å². The number of aromatic nitrogens is 1. The minimum atomic E-state index is 0.718. The molecule has 88 valence electrons. The van der Waals surface area contributed by atoms with E-state index in [9.17, 15) is 0 Å². The van der Waals surface area contributed by atoms with E-state index in [0.717, 1.165) is 23.9 Å². The molecule has 1 heterocycles. The highest BCUT2D eigenvalue weighted by atomic mass is 14.8. The van der Waals surface area contributed by atoms with Gasteiger partial charge in [0.2, 0.25) is 0 Å². The molecule has 2 unspecified atom stereocenters. The van der Waals surface area contributed by atoms with E-state index in [4.69, 9.17) is 0 Å². The Kier molecular flexibility index (Phi) is 2.81. The zero-order valence-corrected chi connectivity index (χ0v) is 10.2. The third-order valence-corrected chi connectivity index (χ3v) is 3.96. The summed E-state index contributed by atoms with van der Waals surface area (Å²) >= 11 is 0. The highest BCUT2D eigenvalue weighted by Gasteiger charge is 2.32. The minimum absolute atomic E-state index is 0.718. The van der Waals surface area contributed by atoms with E-state index in [1.165, 1.54) is 23.8 Å². The van der Waals surface area contributed by atoms with E-state index >= 15 is 0 Å². The lowest BCUT2D eigenvalue weighted by molar-refractivity contribution is 0.252.